The number of primary sulfonamides is 1. The second-order valence-corrected chi connectivity index (χ2v) is 7.04. The minimum Gasteiger partial charge on any atom is -0.325 e. The molecule has 2 amide bonds. The van der Waals surface area contributed by atoms with Crippen molar-refractivity contribution in [3.8, 4) is 0 Å². The first kappa shape index (κ1) is 15.7. The van der Waals surface area contributed by atoms with Crippen molar-refractivity contribution in [1.82, 2.24) is 0 Å². The number of amides is 2. The molecule has 1 saturated heterocycles. The Hall–Kier alpha value is -1.64. The topological polar surface area (TPSA) is 110 Å². The van der Waals surface area contributed by atoms with Crippen LogP contribution in [-0.2, 0) is 19.6 Å². The highest BCUT2D eigenvalue weighted by Crippen LogP contribution is 2.33. The zero-order valence-corrected chi connectivity index (χ0v) is 12.7. The molecule has 0 bridgehead atoms. The summed E-state index contributed by atoms with van der Waals surface area (Å²) < 4.78 is 22.8. The van der Waals surface area contributed by atoms with Gasteiger partial charge in [-0.2, -0.15) is 0 Å². The quantitative estimate of drug-likeness (QED) is 0.849. The van der Waals surface area contributed by atoms with E-state index in [2.05, 4.69) is 5.32 Å². The second kappa shape index (κ2) is 5.63. The summed E-state index contributed by atoms with van der Waals surface area (Å²) in [5.74, 6) is -0.698. The molecule has 1 aliphatic rings. The number of hydrogen-bond donors (Lipinski definition) is 2. The lowest BCUT2D eigenvalue weighted by Crippen LogP contribution is -2.32. The van der Waals surface area contributed by atoms with Crippen LogP contribution in [0.1, 0.15) is 13.3 Å². The first-order chi connectivity index (χ1) is 9.68. The third kappa shape index (κ3) is 3.52. The van der Waals surface area contributed by atoms with Gasteiger partial charge in [-0.1, -0.05) is 11.6 Å². The minimum absolute atomic E-state index is 0.0649. The number of benzene rings is 1. The Morgan fingerprint density at radius 3 is 2.67 bits per heavy atom. The van der Waals surface area contributed by atoms with E-state index in [0.717, 1.165) is 0 Å². The first-order valence-corrected chi connectivity index (χ1v) is 8.06. The van der Waals surface area contributed by atoms with Gasteiger partial charge < -0.3 is 10.2 Å². The van der Waals surface area contributed by atoms with E-state index < -0.39 is 15.3 Å². The van der Waals surface area contributed by atoms with Gasteiger partial charge in [-0.05, 0) is 18.2 Å². The smallest absolute Gasteiger partial charge is 0.228 e. The van der Waals surface area contributed by atoms with Crippen LogP contribution in [0.2, 0.25) is 5.02 Å². The third-order valence-electron chi connectivity index (χ3n) is 3.12. The van der Waals surface area contributed by atoms with Gasteiger partial charge in [0.15, 0.2) is 0 Å². The predicted octanol–water partition coefficient (Wildman–Crippen LogP) is 0.692. The molecule has 0 saturated carbocycles. The van der Waals surface area contributed by atoms with Gasteiger partial charge in [-0.25, -0.2) is 13.6 Å². The Kier molecular flexibility index (Phi) is 4.22. The highest BCUT2D eigenvalue weighted by molar-refractivity contribution is 7.89. The zero-order chi connectivity index (χ0) is 15.8. The van der Waals surface area contributed by atoms with E-state index in [9.17, 15) is 18.0 Å². The van der Waals surface area contributed by atoms with Crippen molar-refractivity contribution in [3.63, 3.8) is 0 Å². The summed E-state index contributed by atoms with van der Waals surface area (Å²) in [4.78, 5) is 24.5. The van der Waals surface area contributed by atoms with Crippen molar-refractivity contribution < 1.29 is 18.0 Å². The molecule has 21 heavy (non-hydrogen) atoms. The fraction of sp³-hybridized carbons (Fsp3) is 0.333. The molecule has 1 aromatic carbocycles. The number of nitrogens with zero attached hydrogens (tertiary/aromatic N) is 1. The molecular weight excluding hydrogens is 318 g/mol. The maximum Gasteiger partial charge on any atom is 0.228 e. The Balaban J connectivity index is 2.39. The van der Waals surface area contributed by atoms with Gasteiger partial charge >= 0.3 is 0 Å². The first-order valence-electron chi connectivity index (χ1n) is 6.07. The minimum atomic E-state index is -3.81. The second-order valence-electron chi connectivity index (χ2n) is 4.76. The normalized spacial score (nSPS) is 18.9. The lowest BCUT2D eigenvalue weighted by molar-refractivity contribution is -0.117. The van der Waals surface area contributed by atoms with Gasteiger partial charge in [0.05, 0.1) is 11.4 Å². The van der Waals surface area contributed by atoms with Crippen LogP contribution in [0.4, 0.5) is 11.4 Å². The van der Waals surface area contributed by atoms with Crippen molar-refractivity contribution >= 4 is 44.8 Å². The van der Waals surface area contributed by atoms with Crippen molar-refractivity contribution in [3.05, 3.63) is 23.2 Å². The van der Waals surface area contributed by atoms with Gasteiger partial charge in [0.25, 0.3) is 0 Å². The molecule has 1 unspecified atom stereocenters. The summed E-state index contributed by atoms with van der Waals surface area (Å²) in [6.45, 7) is 1.27. The standard InChI is InChI=1S/C12H14ClN3O4S/c1-7(17)15-10-3-2-8(13)4-11(10)16-6-9(5-12(16)18)21(14,19)20/h2-4,9H,5-6H2,1H3,(H,15,17)(H2,14,19,20). The van der Waals surface area contributed by atoms with E-state index in [1.807, 2.05) is 0 Å². The number of anilines is 2. The zero-order valence-electron chi connectivity index (χ0n) is 11.2. The van der Waals surface area contributed by atoms with Gasteiger partial charge in [0, 0.05) is 24.9 Å². The Labute approximate surface area is 127 Å². The average molecular weight is 332 g/mol. The molecule has 1 aromatic rings. The van der Waals surface area contributed by atoms with E-state index in [4.69, 9.17) is 16.7 Å². The van der Waals surface area contributed by atoms with Crippen molar-refractivity contribution in [1.29, 1.82) is 0 Å². The number of nitrogens with one attached hydrogen (secondary N) is 1. The van der Waals surface area contributed by atoms with Crippen LogP contribution in [0.3, 0.4) is 0 Å². The van der Waals surface area contributed by atoms with Crippen LogP contribution >= 0.6 is 11.6 Å². The summed E-state index contributed by atoms with van der Waals surface area (Å²) >= 11 is 5.91. The molecule has 2 rings (SSSR count). The molecule has 3 N–H and O–H groups in total. The Morgan fingerprint density at radius 1 is 1.48 bits per heavy atom. The molecule has 1 heterocycles. The van der Waals surface area contributed by atoms with E-state index in [-0.39, 0.29) is 24.8 Å². The van der Waals surface area contributed by atoms with E-state index in [0.29, 0.717) is 16.4 Å². The number of carbonyl (C=O) groups excluding carboxylic acids is 2. The molecule has 114 valence electrons. The monoisotopic (exact) mass is 331 g/mol. The lowest BCUT2D eigenvalue weighted by atomic mass is 10.2. The van der Waals surface area contributed by atoms with Gasteiger partial charge in [-0.3, -0.25) is 9.59 Å². The maximum absolute atomic E-state index is 12.0. The molecule has 0 spiro atoms. The van der Waals surface area contributed by atoms with Crippen LogP contribution in [0, 0.1) is 0 Å². The van der Waals surface area contributed by atoms with Gasteiger partial charge in [0.2, 0.25) is 21.8 Å². The summed E-state index contributed by atoms with van der Waals surface area (Å²) in [7, 11) is -3.81. The number of carbonyl (C=O) groups is 2. The van der Waals surface area contributed by atoms with Crippen LogP contribution in [0.25, 0.3) is 0 Å². The Morgan fingerprint density at radius 2 is 2.14 bits per heavy atom. The fourth-order valence-corrected chi connectivity index (χ4v) is 3.05. The summed E-state index contributed by atoms with van der Waals surface area (Å²) in [5, 5.41) is 7.07. The van der Waals surface area contributed by atoms with Crippen LogP contribution < -0.4 is 15.4 Å². The molecule has 0 aliphatic carbocycles. The molecule has 0 aromatic heterocycles. The highest BCUT2D eigenvalue weighted by atomic mass is 35.5. The molecular formula is C12H14ClN3O4S. The van der Waals surface area contributed by atoms with Crippen molar-refractivity contribution in [2.75, 3.05) is 16.8 Å². The maximum atomic E-state index is 12.0. The average Bonchev–Trinajstić information content (AvgIpc) is 2.73. The molecule has 7 nitrogen and oxygen atoms in total. The Bertz CT molecular complexity index is 704. The van der Waals surface area contributed by atoms with Crippen LogP contribution in [-0.4, -0.2) is 32.0 Å². The number of sulfonamides is 1. The molecule has 1 aliphatic heterocycles. The largest absolute Gasteiger partial charge is 0.325 e. The summed E-state index contributed by atoms with van der Waals surface area (Å²) in [5.41, 5.74) is 0.740. The highest BCUT2D eigenvalue weighted by Gasteiger charge is 2.38. The summed E-state index contributed by atoms with van der Waals surface area (Å²) in [6, 6.07) is 4.61. The fourth-order valence-electron chi connectivity index (χ4n) is 2.15. The molecule has 1 atom stereocenters. The van der Waals surface area contributed by atoms with Gasteiger partial charge in [-0.15, -0.1) is 0 Å². The number of rotatable bonds is 3. The molecule has 1 fully saturated rings. The summed E-state index contributed by atoms with van der Waals surface area (Å²) in [6.07, 6.45) is -0.190. The van der Waals surface area contributed by atoms with E-state index in [1.165, 1.54) is 17.9 Å². The predicted molar refractivity (Wildman–Crippen MR) is 79.6 cm³/mol. The SMILES string of the molecule is CC(=O)Nc1ccc(Cl)cc1N1CC(S(N)(=O)=O)CC1=O. The molecule has 9 heteroatoms. The van der Waals surface area contributed by atoms with E-state index in [1.54, 1.807) is 12.1 Å². The van der Waals surface area contributed by atoms with E-state index >= 15 is 0 Å². The van der Waals surface area contributed by atoms with Crippen LogP contribution in [0.15, 0.2) is 18.2 Å². The number of halogens is 1. The third-order valence-corrected chi connectivity index (χ3v) is 4.60. The van der Waals surface area contributed by atoms with Crippen molar-refractivity contribution in [2.24, 2.45) is 5.14 Å². The lowest BCUT2D eigenvalue weighted by Gasteiger charge is -2.20. The van der Waals surface area contributed by atoms with Crippen molar-refractivity contribution in [2.45, 2.75) is 18.6 Å². The van der Waals surface area contributed by atoms with Crippen LogP contribution in [0.5, 0.6) is 0 Å². The molecule has 0 radical (unpaired) electrons. The number of nitrogens with two attached hydrogens (primary N) is 1. The van der Waals surface area contributed by atoms with Gasteiger partial charge in [0.1, 0.15) is 5.25 Å². The number of hydrogen-bond acceptors (Lipinski definition) is 4.